The van der Waals surface area contributed by atoms with E-state index in [2.05, 4.69) is 45.7 Å². The van der Waals surface area contributed by atoms with Crippen molar-refractivity contribution in [3.63, 3.8) is 0 Å². The zero-order valence-corrected chi connectivity index (χ0v) is 10.7. The molecular formula is C8H16Br2O2. The number of halogens is 2. The molecule has 0 heterocycles. The van der Waals surface area contributed by atoms with Crippen LogP contribution in [-0.4, -0.2) is 23.2 Å². The van der Waals surface area contributed by atoms with Gasteiger partial charge in [0.15, 0.2) is 0 Å². The van der Waals surface area contributed by atoms with E-state index >= 15 is 0 Å². The van der Waals surface area contributed by atoms with Crippen LogP contribution in [0.1, 0.15) is 26.7 Å². The van der Waals surface area contributed by atoms with Crippen LogP contribution in [0.2, 0.25) is 0 Å². The summed E-state index contributed by atoms with van der Waals surface area (Å²) in [5.41, 5.74) is 0. The van der Waals surface area contributed by atoms with Crippen molar-refractivity contribution >= 4 is 31.9 Å². The molecule has 0 bridgehead atoms. The molecule has 0 spiro atoms. The normalized spacial score (nSPS) is 16.0. The van der Waals surface area contributed by atoms with Crippen LogP contribution in [0.3, 0.4) is 0 Å². The Balaban J connectivity index is 3.39. The fourth-order valence-corrected chi connectivity index (χ4v) is 1.29. The second kappa shape index (κ2) is 8.48. The molecule has 0 radical (unpaired) electrons. The highest BCUT2D eigenvalue weighted by Crippen LogP contribution is 2.17. The van der Waals surface area contributed by atoms with Gasteiger partial charge in [0, 0.05) is 13.2 Å². The van der Waals surface area contributed by atoms with Crippen molar-refractivity contribution in [2.75, 3.05) is 13.2 Å². The average molecular weight is 304 g/mol. The van der Waals surface area contributed by atoms with E-state index in [0.29, 0.717) is 0 Å². The van der Waals surface area contributed by atoms with Crippen LogP contribution in [-0.2, 0) is 9.47 Å². The fraction of sp³-hybridized carbons (Fsp3) is 1.00. The lowest BCUT2D eigenvalue weighted by Gasteiger charge is -2.17. The largest absolute Gasteiger partial charge is 0.363 e. The van der Waals surface area contributed by atoms with E-state index in [1.54, 1.807) is 0 Å². The molecule has 4 heteroatoms. The summed E-state index contributed by atoms with van der Waals surface area (Å²) in [7, 11) is 0. The van der Waals surface area contributed by atoms with Crippen molar-refractivity contribution in [3.8, 4) is 0 Å². The van der Waals surface area contributed by atoms with Gasteiger partial charge in [-0.05, 0) is 12.8 Å². The van der Waals surface area contributed by atoms with Gasteiger partial charge in [-0.1, -0.05) is 45.7 Å². The lowest BCUT2D eigenvalue weighted by atomic mass is 10.5. The molecule has 0 amide bonds. The summed E-state index contributed by atoms with van der Waals surface area (Å²) in [6.45, 7) is 5.67. The van der Waals surface area contributed by atoms with Gasteiger partial charge in [0.1, 0.15) is 10.0 Å². The molecule has 0 saturated heterocycles. The molecule has 0 aromatic rings. The lowest BCUT2D eigenvalue weighted by molar-refractivity contribution is 0.0180. The summed E-state index contributed by atoms with van der Waals surface area (Å²) in [6.07, 6.45) is 2.05. The molecule has 0 rings (SSSR count). The quantitative estimate of drug-likeness (QED) is 0.672. The molecule has 0 fully saturated rings. The molecule has 0 aliphatic rings. The number of hydrogen-bond donors (Lipinski definition) is 0. The summed E-state index contributed by atoms with van der Waals surface area (Å²) < 4.78 is 10.8. The number of hydrogen-bond acceptors (Lipinski definition) is 2. The zero-order chi connectivity index (χ0) is 9.40. The Morgan fingerprint density at radius 1 is 0.917 bits per heavy atom. The van der Waals surface area contributed by atoms with Crippen molar-refractivity contribution in [2.24, 2.45) is 0 Å². The summed E-state index contributed by atoms with van der Waals surface area (Å²) in [4.78, 5) is 0. The predicted molar refractivity (Wildman–Crippen MR) is 57.9 cm³/mol. The maximum Gasteiger partial charge on any atom is 0.148 e. The number of alkyl halides is 2. The molecule has 12 heavy (non-hydrogen) atoms. The minimum absolute atomic E-state index is 0.0519. The minimum atomic E-state index is -0.0519. The smallest absolute Gasteiger partial charge is 0.148 e. The van der Waals surface area contributed by atoms with Crippen LogP contribution >= 0.6 is 31.9 Å². The van der Waals surface area contributed by atoms with E-state index in [1.165, 1.54) is 0 Å². The molecule has 2 atom stereocenters. The highest BCUT2D eigenvalue weighted by Gasteiger charge is 2.15. The van der Waals surface area contributed by atoms with Crippen LogP contribution in [0.4, 0.5) is 0 Å². The van der Waals surface area contributed by atoms with Crippen LogP contribution in [0.5, 0.6) is 0 Å². The van der Waals surface area contributed by atoms with Gasteiger partial charge in [-0.25, -0.2) is 0 Å². The molecule has 2 unspecified atom stereocenters. The summed E-state index contributed by atoms with van der Waals surface area (Å²) in [5, 5.41) is -0.104. The van der Waals surface area contributed by atoms with E-state index < -0.39 is 0 Å². The highest BCUT2D eigenvalue weighted by molar-refractivity contribution is 9.12. The number of rotatable bonds is 7. The molecule has 0 aromatic carbocycles. The highest BCUT2D eigenvalue weighted by atomic mass is 79.9. The first-order valence-electron chi connectivity index (χ1n) is 4.23. The molecule has 0 saturated carbocycles. The van der Waals surface area contributed by atoms with E-state index in [1.807, 2.05) is 0 Å². The third-order valence-electron chi connectivity index (χ3n) is 1.17. The first-order valence-corrected chi connectivity index (χ1v) is 6.06. The van der Waals surface area contributed by atoms with Gasteiger partial charge in [-0.2, -0.15) is 0 Å². The molecule has 0 aliphatic heterocycles. The standard InChI is InChI=1S/C8H16Br2O2/c1-3-5-11-7(9)8(10)12-6-4-2/h7-8H,3-6H2,1-2H3. The maximum atomic E-state index is 5.39. The van der Waals surface area contributed by atoms with E-state index in [9.17, 15) is 0 Å². The van der Waals surface area contributed by atoms with Crippen LogP contribution in [0.25, 0.3) is 0 Å². The van der Waals surface area contributed by atoms with Gasteiger partial charge in [0.05, 0.1) is 0 Å². The third-order valence-corrected chi connectivity index (χ3v) is 3.37. The third kappa shape index (κ3) is 6.40. The van der Waals surface area contributed by atoms with Gasteiger partial charge in [0.25, 0.3) is 0 Å². The Morgan fingerprint density at radius 3 is 1.50 bits per heavy atom. The molecule has 0 N–H and O–H groups in total. The second-order valence-corrected chi connectivity index (χ2v) is 4.25. The summed E-state index contributed by atoms with van der Waals surface area (Å²) >= 11 is 6.76. The summed E-state index contributed by atoms with van der Waals surface area (Å²) in [6, 6.07) is 0. The molecule has 74 valence electrons. The first kappa shape index (κ1) is 12.9. The van der Waals surface area contributed by atoms with Crippen molar-refractivity contribution in [3.05, 3.63) is 0 Å². The van der Waals surface area contributed by atoms with E-state index in [4.69, 9.17) is 9.47 Å². The van der Waals surface area contributed by atoms with Crippen molar-refractivity contribution in [2.45, 2.75) is 36.7 Å². The predicted octanol–water partition coefficient (Wildman–Crippen LogP) is 3.28. The first-order chi connectivity index (χ1) is 5.72. The Morgan fingerprint density at radius 2 is 1.25 bits per heavy atom. The van der Waals surface area contributed by atoms with Crippen molar-refractivity contribution in [1.29, 1.82) is 0 Å². The topological polar surface area (TPSA) is 18.5 Å². The molecule has 0 aromatic heterocycles. The van der Waals surface area contributed by atoms with Gasteiger partial charge in [-0.3, -0.25) is 0 Å². The molecular weight excluding hydrogens is 288 g/mol. The van der Waals surface area contributed by atoms with Crippen LogP contribution < -0.4 is 0 Å². The van der Waals surface area contributed by atoms with E-state index in [0.717, 1.165) is 26.1 Å². The Labute approximate surface area is 91.3 Å². The minimum Gasteiger partial charge on any atom is -0.363 e. The van der Waals surface area contributed by atoms with Crippen LogP contribution in [0.15, 0.2) is 0 Å². The van der Waals surface area contributed by atoms with Gasteiger partial charge >= 0.3 is 0 Å². The van der Waals surface area contributed by atoms with Gasteiger partial charge < -0.3 is 9.47 Å². The van der Waals surface area contributed by atoms with Gasteiger partial charge in [-0.15, -0.1) is 0 Å². The Bertz CT molecular complexity index is 89.1. The van der Waals surface area contributed by atoms with Crippen LogP contribution in [0, 0.1) is 0 Å². The Kier molecular flexibility index (Phi) is 9.10. The van der Waals surface area contributed by atoms with E-state index in [-0.39, 0.29) is 10.0 Å². The van der Waals surface area contributed by atoms with Crippen molar-refractivity contribution in [1.82, 2.24) is 0 Å². The Hall–Kier alpha value is 0.880. The second-order valence-electron chi connectivity index (χ2n) is 2.44. The average Bonchev–Trinajstić information content (AvgIpc) is 2.10. The molecule has 0 aliphatic carbocycles. The monoisotopic (exact) mass is 302 g/mol. The summed E-state index contributed by atoms with van der Waals surface area (Å²) in [5.74, 6) is 0. The maximum absolute atomic E-state index is 5.39. The SMILES string of the molecule is CCCOC(Br)C(Br)OCCC. The zero-order valence-electron chi connectivity index (χ0n) is 7.56. The number of ether oxygens (including phenoxy) is 2. The van der Waals surface area contributed by atoms with Gasteiger partial charge in [0.2, 0.25) is 0 Å². The van der Waals surface area contributed by atoms with Crippen molar-refractivity contribution < 1.29 is 9.47 Å². The molecule has 2 nitrogen and oxygen atoms in total. The lowest BCUT2D eigenvalue weighted by Crippen LogP contribution is -2.21. The fourth-order valence-electron chi connectivity index (χ4n) is 0.612.